The van der Waals surface area contributed by atoms with Gasteiger partial charge in [-0.15, -0.1) is 0 Å². The van der Waals surface area contributed by atoms with Crippen molar-refractivity contribution in [3.63, 3.8) is 0 Å². The Morgan fingerprint density at radius 2 is 1.93 bits per heavy atom. The van der Waals surface area contributed by atoms with E-state index in [-0.39, 0.29) is 11.6 Å². The van der Waals surface area contributed by atoms with Crippen molar-refractivity contribution in [3.8, 4) is 11.4 Å². The van der Waals surface area contributed by atoms with E-state index in [1.165, 1.54) is 0 Å². The molecule has 0 radical (unpaired) electrons. The van der Waals surface area contributed by atoms with Crippen molar-refractivity contribution in [2.75, 3.05) is 18.2 Å². The lowest BCUT2D eigenvalue weighted by Crippen LogP contribution is -2.15. The number of anilines is 1. The molecule has 1 N–H and O–H groups in total. The zero-order chi connectivity index (χ0) is 20.1. The van der Waals surface area contributed by atoms with Crippen molar-refractivity contribution in [1.82, 2.24) is 9.78 Å². The lowest BCUT2D eigenvalue weighted by molar-refractivity contribution is 0.101. The molecule has 6 nitrogen and oxygen atoms in total. The molecule has 0 bridgehead atoms. The summed E-state index contributed by atoms with van der Waals surface area (Å²) in [6, 6.07) is 15.1. The maximum Gasteiger partial charge on any atom is 0.280 e. The van der Waals surface area contributed by atoms with Crippen molar-refractivity contribution in [2.24, 2.45) is 0 Å². The predicted octanol–water partition coefficient (Wildman–Crippen LogP) is 3.71. The second-order valence-corrected chi connectivity index (χ2v) is 7.75. The van der Waals surface area contributed by atoms with Crippen molar-refractivity contribution in [2.45, 2.75) is 19.6 Å². The number of para-hydroxylation sites is 1. The summed E-state index contributed by atoms with van der Waals surface area (Å²) in [5.74, 6) is 0.519. The van der Waals surface area contributed by atoms with Crippen molar-refractivity contribution in [3.05, 3.63) is 71.5 Å². The molecule has 1 heterocycles. The molecule has 0 aliphatic rings. The molecule has 0 saturated carbocycles. The maximum atomic E-state index is 12.9. The van der Waals surface area contributed by atoms with Crippen LogP contribution in [-0.2, 0) is 16.6 Å². The first-order valence-electron chi connectivity index (χ1n) is 8.97. The second kappa shape index (κ2) is 8.84. The van der Waals surface area contributed by atoms with Gasteiger partial charge in [0.15, 0.2) is 11.4 Å². The van der Waals surface area contributed by atoms with Gasteiger partial charge in [-0.1, -0.05) is 30.3 Å². The summed E-state index contributed by atoms with van der Waals surface area (Å²) in [5.41, 5.74) is 3.57. The molecule has 0 fully saturated rings. The Hall–Kier alpha value is -2.93. The van der Waals surface area contributed by atoms with E-state index in [1.807, 2.05) is 62.4 Å². The molecule has 2 aromatic carbocycles. The minimum Gasteiger partial charge on any atom is -0.490 e. The van der Waals surface area contributed by atoms with E-state index >= 15 is 0 Å². The van der Waals surface area contributed by atoms with E-state index in [0.717, 1.165) is 16.8 Å². The average molecular weight is 398 g/mol. The molecule has 3 rings (SSSR count). The number of hydrogen-bond donors (Lipinski definition) is 1. The fourth-order valence-electron chi connectivity index (χ4n) is 2.87. The monoisotopic (exact) mass is 397 g/mol. The molecule has 1 amide bonds. The smallest absolute Gasteiger partial charge is 0.280 e. The Morgan fingerprint density at radius 1 is 1.18 bits per heavy atom. The van der Waals surface area contributed by atoms with Crippen LogP contribution in [0, 0.1) is 6.92 Å². The molecule has 0 unspecified atom stereocenters. The average Bonchev–Trinajstić information content (AvgIpc) is 3.10. The number of hydrogen-bond acceptors (Lipinski definition) is 4. The fraction of sp³-hybridized carbons (Fsp3) is 0.238. The summed E-state index contributed by atoms with van der Waals surface area (Å²) in [4.78, 5) is 12.9. The van der Waals surface area contributed by atoms with E-state index in [4.69, 9.17) is 4.74 Å². The van der Waals surface area contributed by atoms with E-state index in [2.05, 4.69) is 10.4 Å². The highest BCUT2D eigenvalue weighted by atomic mass is 32.2. The van der Waals surface area contributed by atoms with E-state index in [9.17, 15) is 9.00 Å². The van der Waals surface area contributed by atoms with Gasteiger partial charge >= 0.3 is 0 Å². The number of amides is 1. The second-order valence-electron chi connectivity index (χ2n) is 6.32. The zero-order valence-electron chi connectivity index (χ0n) is 16.1. The Kier molecular flexibility index (Phi) is 6.26. The predicted molar refractivity (Wildman–Crippen MR) is 112 cm³/mol. The largest absolute Gasteiger partial charge is 0.490 e. The SMILES string of the molecule is CCOc1cn(-c2ccccc2)nc1C(=O)Nc1cccc(C[S@@](C)=O)c1C. The first-order valence-corrected chi connectivity index (χ1v) is 10.7. The Bertz CT molecular complexity index is 999. The van der Waals surface area contributed by atoms with Gasteiger partial charge in [0, 0.05) is 28.5 Å². The third-order valence-corrected chi connectivity index (χ3v) is 4.99. The van der Waals surface area contributed by atoms with Crippen molar-refractivity contribution >= 4 is 22.4 Å². The van der Waals surface area contributed by atoms with Crippen molar-refractivity contribution < 1.29 is 13.7 Å². The molecular formula is C21H23N3O3S. The van der Waals surface area contributed by atoms with Crippen LogP contribution in [-0.4, -0.2) is 32.8 Å². The van der Waals surface area contributed by atoms with Gasteiger partial charge in [0.2, 0.25) is 0 Å². The van der Waals surface area contributed by atoms with Crippen LogP contribution in [0.4, 0.5) is 5.69 Å². The number of nitrogens with zero attached hydrogens (tertiary/aromatic N) is 2. The number of rotatable bonds is 7. The number of nitrogens with one attached hydrogen (secondary N) is 1. The number of carbonyl (C=O) groups excluding carboxylic acids is 1. The molecular weight excluding hydrogens is 374 g/mol. The lowest BCUT2D eigenvalue weighted by Gasteiger charge is -2.11. The Balaban J connectivity index is 1.90. The quantitative estimate of drug-likeness (QED) is 0.660. The molecule has 0 aliphatic heterocycles. The summed E-state index contributed by atoms with van der Waals surface area (Å²) in [6.07, 6.45) is 3.37. The number of carbonyl (C=O) groups is 1. The van der Waals surface area contributed by atoms with E-state index < -0.39 is 10.8 Å². The summed E-state index contributed by atoms with van der Waals surface area (Å²) in [7, 11) is -0.956. The fourth-order valence-corrected chi connectivity index (χ4v) is 3.62. The molecule has 0 spiro atoms. The minimum atomic E-state index is -0.956. The third-order valence-electron chi connectivity index (χ3n) is 4.27. The molecule has 0 aliphatic carbocycles. The number of benzene rings is 2. The van der Waals surface area contributed by atoms with Crippen LogP contribution in [0.25, 0.3) is 5.69 Å². The molecule has 146 valence electrons. The van der Waals surface area contributed by atoms with Crippen LogP contribution in [0.5, 0.6) is 5.75 Å². The first kappa shape index (κ1) is 19.8. The Morgan fingerprint density at radius 3 is 2.61 bits per heavy atom. The highest BCUT2D eigenvalue weighted by Crippen LogP contribution is 2.24. The van der Waals surface area contributed by atoms with Gasteiger partial charge in [-0.25, -0.2) is 4.68 Å². The molecule has 1 atom stereocenters. The van der Waals surface area contributed by atoms with Crippen LogP contribution in [0.3, 0.4) is 0 Å². The summed E-state index contributed by atoms with van der Waals surface area (Å²) in [5, 5.41) is 7.34. The van der Waals surface area contributed by atoms with Gasteiger partial charge in [0.25, 0.3) is 5.91 Å². The summed E-state index contributed by atoms with van der Waals surface area (Å²) < 4.78 is 18.8. The van der Waals surface area contributed by atoms with Crippen LogP contribution in [0.15, 0.2) is 54.7 Å². The molecule has 3 aromatic rings. The molecule has 28 heavy (non-hydrogen) atoms. The van der Waals surface area contributed by atoms with Crippen LogP contribution in [0.1, 0.15) is 28.5 Å². The third kappa shape index (κ3) is 4.48. The van der Waals surface area contributed by atoms with Crippen LogP contribution >= 0.6 is 0 Å². The highest BCUT2D eigenvalue weighted by molar-refractivity contribution is 7.83. The maximum absolute atomic E-state index is 12.9. The summed E-state index contributed by atoms with van der Waals surface area (Å²) >= 11 is 0. The molecule has 0 saturated heterocycles. The van der Waals surface area contributed by atoms with Crippen LogP contribution in [0.2, 0.25) is 0 Å². The summed E-state index contributed by atoms with van der Waals surface area (Å²) in [6.45, 7) is 4.20. The van der Waals surface area contributed by atoms with Crippen molar-refractivity contribution in [1.29, 1.82) is 0 Å². The topological polar surface area (TPSA) is 73.2 Å². The van der Waals surface area contributed by atoms with Crippen LogP contribution < -0.4 is 10.1 Å². The van der Waals surface area contributed by atoms with E-state index in [1.54, 1.807) is 17.1 Å². The van der Waals surface area contributed by atoms with Gasteiger partial charge in [0.05, 0.1) is 18.5 Å². The van der Waals surface area contributed by atoms with E-state index in [0.29, 0.717) is 23.8 Å². The zero-order valence-corrected chi connectivity index (χ0v) is 17.0. The molecule has 1 aromatic heterocycles. The minimum absolute atomic E-state index is 0.217. The molecule has 7 heteroatoms. The normalized spacial score (nSPS) is 11.8. The van der Waals surface area contributed by atoms with Gasteiger partial charge in [0.1, 0.15) is 0 Å². The van der Waals surface area contributed by atoms with Gasteiger partial charge in [-0.05, 0) is 43.2 Å². The van der Waals surface area contributed by atoms with Gasteiger partial charge in [-0.3, -0.25) is 9.00 Å². The Labute approximate surface area is 167 Å². The first-order chi connectivity index (χ1) is 13.5. The number of aromatic nitrogens is 2. The van der Waals surface area contributed by atoms with Gasteiger partial charge < -0.3 is 10.1 Å². The highest BCUT2D eigenvalue weighted by Gasteiger charge is 2.20. The lowest BCUT2D eigenvalue weighted by atomic mass is 10.1. The van der Waals surface area contributed by atoms with Gasteiger partial charge in [-0.2, -0.15) is 5.10 Å². The number of ether oxygens (including phenoxy) is 1. The standard InChI is InChI=1S/C21H23N3O3S/c1-4-27-19-13-24(17-10-6-5-7-11-17)23-20(19)21(25)22-18-12-8-9-16(15(18)2)14-28(3)26/h5-13H,4,14H2,1-3H3,(H,22,25)/t28-/m1/s1.